The first kappa shape index (κ1) is 24.4. The molecule has 1 heterocycles. The van der Waals surface area contributed by atoms with Crippen molar-refractivity contribution in [3.63, 3.8) is 0 Å². The molecule has 0 saturated carbocycles. The number of benzene rings is 2. The van der Waals surface area contributed by atoms with Crippen molar-refractivity contribution < 1.29 is 17.9 Å². The third-order valence-corrected chi connectivity index (χ3v) is 4.70. The van der Waals surface area contributed by atoms with Crippen molar-refractivity contribution in [1.29, 1.82) is 0 Å². The zero-order valence-corrected chi connectivity index (χ0v) is 19.3. The molecule has 0 bridgehead atoms. The fraction of sp³-hybridized carbons (Fsp3) is 0.360. The smallest absolute Gasteiger partial charge is 0.421 e. The molecule has 5 nitrogen and oxygen atoms in total. The van der Waals surface area contributed by atoms with Crippen molar-refractivity contribution in [2.45, 2.75) is 58.7 Å². The summed E-state index contributed by atoms with van der Waals surface area (Å²) in [6, 6.07) is 14.4. The van der Waals surface area contributed by atoms with Gasteiger partial charge in [0.1, 0.15) is 22.7 Å². The first-order valence-electron chi connectivity index (χ1n) is 10.9. The Morgan fingerprint density at radius 2 is 1.64 bits per heavy atom. The number of halogens is 3. The van der Waals surface area contributed by atoms with E-state index in [9.17, 15) is 13.2 Å². The molecule has 1 aromatic heterocycles. The van der Waals surface area contributed by atoms with Crippen molar-refractivity contribution in [1.82, 2.24) is 9.97 Å². The van der Waals surface area contributed by atoms with Gasteiger partial charge in [-0.1, -0.05) is 31.5 Å². The highest BCUT2D eigenvalue weighted by Crippen LogP contribution is 2.36. The molecule has 0 amide bonds. The monoisotopic (exact) mass is 458 g/mol. The largest absolute Gasteiger partial charge is 0.488 e. The number of aryl methyl sites for hydroxylation is 1. The van der Waals surface area contributed by atoms with Gasteiger partial charge < -0.3 is 15.4 Å². The molecule has 0 saturated heterocycles. The van der Waals surface area contributed by atoms with Crippen molar-refractivity contribution in [2.75, 3.05) is 10.6 Å². The van der Waals surface area contributed by atoms with Crippen LogP contribution in [0.3, 0.4) is 0 Å². The summed E-state index contributed by atoms with van der Waals surface area (Å²) in [6.45, 7) is 7.92. The van der Waals surface area contributed by atoms with Gasteiger partial charge in [-0.25, -0.2) is 4.98 Å². The molecule has 0 fully saturated rings. The predicted molar refractivity (Wildman–Crippen MR) is 125 cm³/mol. The van der Waals surface area contributed by atoms with Crippen LogP contribution in [0.25, 0.3) is 0 Å². The van der Waals surface area contributed by atoms with Crippen LogP contribution in [-0.2, 0) is 12.6 Å². The highest BCUT2D eigenvalue weighted by Gasteiger charge is 2.35. The maximum absolute atomic E-state index is 13.6. The van der Waals surface area contributed by atoms with Crippen molar-refractivity contribution >= 4 is 23.1 Å². The minimum absolute atomic E-state index is 0.0565. The lowest BCUT2D eigenvalue weighted by Gasteiger charge is -2.21. The van der Waals surface area contributed by atoms with Crippen LogP contribution in [0.5, 0.6) is 5.75 Å². The SMILES string of the molecule is CCCCc1ccccc1Nc1nc(Nc2ccc(OC(C)(C)C)cc2)ncc1C(F)(F)F. The van der Waals surface area contributed by atoms with Gasteiger partial charge in [-0.3, -0.25) is 0 Å². The average Bonchev–Trinajstić information content (AvgIpc) is 2.73. The summed E-state index contributed by atoms with van der Waals surface area (Å²) in [4.78, 5) is 8.03. The van der Waals surface area contributed by atoms with Gasteiger partial charge in [0.25, 0.3) is 0 Å². The third kappa shape index (κ3) is 7.10. The molecule has 0 aliphatic rings. The number of alkyl halides is 3. The second-order valence-corrected chi connectivity index (χ2v) is 8.70. The van der Waals surface area contributed by atoms with E-state index >= 15 is 0 Å². The number of hydrogen-bond acceptors (Lipinski definition) is 5. The van der Waals surface area contributed by atoms with Gasteiger partial charge in [-0.2, -0.15) is 18.2 Å². The summed E-state index contributed by atoms with van der Waals surface area (Å²) in [5.74, 6) is 0.449. The number of rotatable bonds is 8. The molecule has 176 valence electrons. The molecule has 0 radical (unpaired) electrons. The number of unbranched alkanes of at least 4 members (excludes halogenated alkanes) is 1. The van der Waals surface area contributed by atoms with Gasteiger partial charge in [0.2, 0.25) is 5.95 Å². The predicted octanol–water partition coefficient (Wildman–Crippen LogP) is 7.50. The number of anilines is 4. The molecular formula is C25H29F3N4O. The van der Waals surface area contributed by atoms with Crippen molar-refractivity contribution in [2.24, 2.45) is 0 Å². The standard InChI is InChI=1S/C25H29F3N4O/c1-5-6-9-17-10-7-8-11-21(17)31-22-20(25(26,27)28)16-29-23(32-22)30-18-12-14-19(15-13-18)33-24(2,3)4/h7-8,10-16H,5-6,9H2,1-4H3,(H2,29,30,31,32). The molecule has 3 rings (SSSR count). The molecule has 3 aromatic rings. The molecular weight excluding hydrogens is 429 g/mol. The summed E-state index contributed by atoms with van der Waals surface area (Å²) in [5, 5.41) is 5.85. The highest BCUT2D eigenvalue weighted by atomic mass is 19.4. The Balaban J connectivity index is 1.87. The molecule has 0 spiro atoms. The highest BCUT2D eigenvalue weighted by molar-refractivity contribution is 5.65. The van der Waals surface area contributed by atoms with E-state index in [2.05, 4.69) is 27.5 Å². The maximum Gasteiger partial charge on any atom is 0.421 e. The maximum atomic E-state index is 13.6. The lowest BCUT2D eigenvalue weighted by molar-refractivity contribution is -0.137. The summed E-state index contributed by atoms with van der Waals surface area (Å²) < 4.78 is 46.7. The van der Waals surface area contributed by atoms with Crippen LogP contribution in [-0.4, -0.2) is 15.6 Å². The summed E-state index contributed by atoms with van der Waals surface area (Å²) >= 11 is 0. The number of nitrogens with one attached hydrogen (secondary N) is 2. The summed E-state index contributed by atoms with van der Waals surface area (Å²) in [5.41, 5.74) is 0.914. The Kier molecular flexibility index (Phi) is 7.46. The Morgan fingerprint density at radius 1 is 0.939 bits per heavy atom. The second kappa shape index (κ2) is 10.1. The van der Waals surface area contributed by atoms with E-state index in [1.807, 2.05) is 32.9 Å². The minimum Gasteiger partial charge on any atom is -0.488 e. The number of aromatic nitrogens is 2. The van der Waals surface area contributed by atoms with Gasteiger partial charge in [0.15, 0.2) is 0 Å². The van der Waals surface area contributed by atoms with Gasteiger partial charge >= 0.3 is 6.18 Å². The van der Waals surface area contributed by atoms with Gasteiger partial charge in [0, 0.05) is 17.6 Å². The summed E-state index contributed by atoms with van der Waals surface area (Å²) in [7, 11) is 0. The summed E-state index contributed by atoms with van der Waals surface area (Å²) in [6.07, 6.45) is -1.10. The average molecular weight is 459 g/mol. The van der Waals surface area contributed by atoms with Crippen LogP contribution in [0.15, 0.2) is 54.7 Å². The molecule has 8 heteroatoms. The molecule has 0 aliphatic heterocycles. The third-order valence-electron chi connectivity index (χ3n) is 4.70. The molecule has 0 unspecified atom stereocenters. The zero-order valence-electron chi connectivity index (χ0n) is 19.3. The van der Waals surface area contributed by atoms with Crippen LogP contribution in [0.2, 0.25) is 0 Å². The Hall–Kier alpha value is -3.29. The zero-order chi connectivity index (χ0) is 24.1. The van der Waals surface area contributed by atoms with E-state index in [0.717, 1.165) is 31.0 Å². The lowest BCUT2D eigenvalue weighted by Crippen LogP contribution is -2.22. The molecule has 0 atom stereocenters. The van der Waals surface area contributed by atoms with Crippen LogP contribution in [0.1, 0.15) is 51.7 Å². The first-order valence-corrected chi connectivity index (χ1v) is 10.9. The van der Waals surface area contributed by atoms with E-state index in [4.69, 9.17) is 4.74 Å². The normalized spacial score (nSPS) is 11.8. The minimum atomic E-state index is -4.59. The lowest BCUT2D eigenvalue weighted by atomic mass is 10.1. The topological polar surface area (TPSA) is 59.1 Å². The van der Waals surface area contributed by atoms with Crippen LogP contribution in [0, 0.1) is 0 Å². The van der Waals surface area contributed by atoms with Crippen LogP contribution in [0.4, 0.5) is 36.3 Å². The molecule has 33 heavy (non-hydrogen) atoms. The van der Waals surface area contributed by atoms with Crippen molar-refractivity contribution in [3.05, 3.63) is 65.9 Å². The van der Waals surface area contributed by atoms with Gasteiger partial charge in [0.05, 0.1) is 0 Å². The van der Waals surface area contributed by atoms with E-state index in [1.54, 1.807) is 36.4 Å². The second-order valence-electron chi connectivity index (χ2n) is 8.70. The van der Waals surface area contributed by atoms with E-state index < -0.39 is 11.7 Å². The Morgan fingerprint density at radius 3 is 2.27 bits per heavy atom. The van der Waals surface area contributed by atoms with Gasteiger partial charge in [-0.05, 0) is 69.5 Å². The van der Waals surface area contributed by atoms with Crippen LogP contribution < -0.4 is 15.4 Å². The number of nitrogens with zero attached hydrogens (tertiary/aromatic N) is 2. The fourth-order valence-corrected chi connectivity index (χ4v) is 3.19. The molecule has 2 aromatic carbocycles. The number of ether oxygens (including phenoxy) is 1. The first-order chi connectivity index (χ1) is 15.5. The van der Waals surface area contributed by atoms with Gasteiger partial charge in [-0.15, -0.1) is 0 Å². The van der Waals surface area contributed by atoms with Crippen molar-refractivity contribution in [3.8, 4) is 5.75 Å². The number of para-hydroxylation sites is 1. The molecule has 0 aliphatic carbocycles. The van der Waals surface area contributed by atoms with E-state index in [-0.39, 0.29) is 17.4 Å². The van der Waals surface area contributed by atoms with E-state index in [1.165, 1.54) is 0 Å². The quantitative estimate of drug-likeness (QED) is 0.366. The fourth-order valence-electron chi connectivity index (χ4n) is 3.19. The molecule has 2 N–H and O–H groups in total. The number of hydrogen-bond donors (Lipinski definition) is 2. The Bertz CT molecular complexity index is 1060. The van der Waals surface area contributed by atoms with E-state index in [0.29, 0.717) is 17.1 Å². The van der Waals surface area contributed by atoms with Crippen LogP contribution >= 0.6 is 0 Å². The Labute approximate surface area is 192 Å².